The maximum atomic E-state index is 13.1. The van der Waals surface area contributed by atoms with E-state index in [0.717, 1.165) is 16.0 Å². The average Bonchev–Trinajstić information content (AvgIpc) is 2.93. The monoisotopic (exact) mass is 452 g/mol. The lowest BCUT2D eigenvalue weighted by Crippen LogP contribution is -2.42. The van der Waals surface area contributed by atoms with E-state index in [1.807, 2.05) is 12.1 Å². The van der Waals surface area contributed by atoms with Crippen LogP contribution < -0.4 is 10.6 Å². The number of amides is 4. The molecule has 2 aromatic carbocycles. The maximum absolute atomic E-state index is 13.1. The summed E-state index contributed by atoms with van der Waals surface area (Å²) in [7, 11) is 0. The van der Waals surface area contributed by atoms with Crippen molar-refractivity contribution in [2.45, 2.75) is 52.5 Å². The minimum absolute atomic E-state index is 0.0145. The molecule has 2 N–H and O–H groups in total. The summed E-state index contributed by atoms with van der Waals surface area (Å²) < 4.78 is 0. The first-order chi connectivity index (χ1) is 15.2. The van der Waals surface area contributed by atoms with Gasteiger partial charge in [0, 0.05) is 6.07 Å². The second-order valence-electron chi connectivity index (χ2n) is 9.53. The summed E-state index contributed by atoms with van der Waals surface area (Å²) in [6.07, 6.45) is 0. The lowest BCUT2D eigenvalue weighted by Gasteiger charge is -2.24. The Bertz CT molecular complexity index is 1150. The number of anilines is 1. The number of carbonyl (C=O) groups excluding carboxylic acids is 3. The van der Waals surface area contributed by atoms with Gasteiger partial charge in [-0.15, -0.1) is 0 Å². The molecule has 1 fully saturated rings. The van der Waals surface area contributed by atoms with Crippen molar-refractivity contribution in [3.05, 3.63) is 68.8 Å². The molecule has 3 rings (SSSR count). The standard InChI is InChI=1S/C24H28N4O5/c1-14-11-18(19(28(32)33)12-15(14)2)25-20(29)13-27-21(30)24(6,26-22(27)31)17-9-7-16(8-10-17)23(3,4)5/h7-12H,13H2,1-6H3,(H,25,29)(H,26,31)/t24-/m0/s1. The third kappa shape index (κ3) is 4.57. The van der Waals surface area contributed by atoms with Gasteiger partial charge in [-0.3, -0.25) is 24.6 Å². The van der Waals surface area contributed by atoms with Crippen molar-refractivity contribution >= 4 is 29.2 Å². The first-order valence-corrected chi connectivity index (χ1v) is 10.5. The molecule has 0 aromatic heterocycles. The SMILES string of the molecule is Cc1cc(NC(=O)CN2C(=O)N[C@@](C)(c3ccc(C(C)(C)C)cc3)C2=O)c([N+](=O)[O-])cc1C. The van der Waals surface area contributed by atoms with E-state index in [9.17, 15) is 24.5 Å². The van der Waals surface area contributed by atoms with Crippen LogP contribution in [0, 0.1) is 24.0 Å². The molecule has 0 saturated carbocycles. The minimum Gasteiger partial charge on any atom is -0.319 e. The highest BCUT2D eigenvalue weighted by Gasteiger charge is 2.49. The van der Waals surface area contributed by atoms with Crippen molar-refractivity contribution in [2.75, 3.05) is 11.9 Å². The Labute approximate surface area is 192 Å². The number of nitrogens with zero attached hydrogens (tertiary/aromatic N) is 2. The zero-order valence-electron chi connectivity index (χ0n) is 19.6. The van der Waals surface area contributed by atoms with Crippen LogP contribution in [0.25, 0.3) is 0 Å². The molecular weight excluding hydrogens is 424 g/mol. The lowest BCUT2D eigenvalue weighted by atomic mass is 9.84. The fraction of sp³-hybridized carbons (Fsp3) is 0.375. The van der Waals surface area contributed by atoms with Crippen LogP contribution in [0.3, 0.4) is 0 Å². The van der Waals surface area contributed by atoms with Gasteiger partial charge in [-0.05, 0) is 54.5 Å². The Hall–Kier alpha value is -3.75. The predicted molar refractivity (Wildman–Crippen MR) is 124 cm³/mol. The molecule has 174 valence electrons. The number of hydrogen-bond acceptors (Lipinski definition) is 5. The van der Waals surface area contributed by atoms with Crippen molar-refractivity contribution < 1.29 is 19.3 Å². The van der Waals surface area contributed by atoms with Gasteiger partial charge in [0.1, 0.15) is 17.8 Å². The van der Waals surface area contributed by atoms with Gasteiger partial charge < -0.3 is 10.6 Å². The molecular formula is C24H28N4O5. The summed E-state index contributed by atoms with van der Waals surface area (Å²) in [5, 5.41) is 16.5. The Morgan fingerprint density at radius 3 is 2.24 bits per heavy atom. The second-order valence-corrected chi connectivity index (χ2v) is 9.53. The number of urea groups is 1. The first kappa shape index (κ1) is 23.9. The molecule has 0 unspecified atom stereocenters. The number of nitro groups is 1. The Balaban J connectivity index is 1.80. The van der Waals surface area contributed by atoms with E-state index >= 15 is 0 Å². The molecule has 33 heavy (non-hydrogen) atoms. The van der Waals surface area contributed by atoms with Crippen LogP contribution in [0.15, 0.2) is 36.4 Å². The molecule has 0 radical (unpaired) electrons. The highest BCUT2D eigenvalue weighted by Crippen LogP contribution is 2.32. The summed E-state index contributed by atoms with van der Waals surface area (Å²) in [4.78, 5) is 49.9. The molecule has 4 amide bonds. The van der Waals surface area contributed by atoms with Crippen LogP contribution in [0.1, 0.15) is 49.9 Å². The molecule has 0 bridgehead atoms. The van der Waals surface area contributed by atoms with Crippen molar-refractivity contribution in [1.82, 2.24) is 10.2 Å². The summed E-state index contributed by atoms with van der Waals surface area (Å²) in [6, 6.07) is 9.58. The van der Waals surface area contributed by atoms with Gasteiger partial charge in [0.15, 0.2) is 0 Å². The van der Waals surface area contributed by atoms with E-state index in [1.54, 1.807) is 32.9 Å². The number of nitro benzene ring substituents is 1. The lowest BCUT2D eigenvalue weighted by molar-refractivity contribution is -0.384. The fourth-order valence-electron chi connectivity index (χ4n) is 3.73. The van der Waals surface area contributed by atoms with Crippen LogP contribution in [-0.2, 0) is 20.5 Å². The van der Waals surface area contributed by atoms with Crippen molar-refractivity contribution in [3.8, 4) is 0 Å². The van der Waals surface area contributed by atoms with E-state index in [1.165, 1.54) is 12.1 Å². The van der Waals surface area contributed by atoms with Gasteiger partial charge in [-0.1, -0.05) is 45.0 Å². The number of carbonyl (C=O) groups is 3. The molecule has 1 aliphatic rings. The van der Waals surface area contributed by atoms with Crippen molar-refractivity contribution in [1.29, 1.82) is 0 Å². The van der Waals surface area contributed by atoms with E-state index in [4.69, 9.17) is 0 Å². The quantitative estimate of drug-likeness (QED) is 0.405. The van der Waals surface area contributed by atoms with Crippen LogP contribution in [-0.4, -0.2) is 34.2 Å². The van der Waals surface area contributed by atoms with E-state index in [0.29, 0.717) is 11.1 Å². The number of rotatable bonds is 5. The van der Waals surface area contributed by atoms with Crippen LogP contribution >= 0.6 is 0 Å². The summed E-state index contributed by atoms with van der Waals surface area (Å²) in [6.45, 7) is 10.7. The molecule has 1 saturated heterocycles. The van der Waals surface area contributed by atoms with Crippen LogP contribution in [0.4, 0.5) is 16.2 Å². The fourth-order valence-corrected chi connectivity index (χ4v) is 3.73. The Morgan fingerprint density at radius 2 is 1.70 bits per heavy atom. The molecule has 1 atom stereocenters. The number of nitrogens with one attached hydrogen (secondary N) is 2. The van der Waals surface area contributed by atoms with Crippen LogP contribution in [0.5, 0.6) is 0 Å². The van der Waals surface area contributed by atoms with Gasteiger partial charge in [0.2, 0.25) is 5.91 Å². The number of hydrogen-bond donors (Lipinski definition) is 2. The largest absolute Gasteiger partial charge is 0.325 e. The zero-order chi connectivity index (χ0) is 24.7. The van der Waals surface area contributed by atoms with Crippen LogP contribution in [0.2, 0.25) is 0 Å². The predicted octanol–water partition coefficient (Wildman–Crippen LogP) is 3.91. The van der Waals surface area contributed by atoms with Gasteiger partial charge in [-0.25, -0.2) is 4.79 Å². The van der Waals surface area contributed by atoms with E-state index in [2.05, 4.69) is 31.4 Å². The first-order valence-electron chi connectivity index (χ1n) is 10.5. The molecule has 1 heterocycles. The van der Waals surface area contributed by atoms with Crippen molar-refractivity contribution in [3.63, 3.8) is 0 Å². The second kappa shape index (κ2) is 8.31. The normalized spacial score (nSPS) is 18.3. The maximum Gasteiger partial charge on any atom is 0.325 e. The van der Waals surface area contributed by atoms with Gasteiger partial charge in [-0.2, -0.15) is 0 Å². The van der Waals surface area contributed by atoms with E-state index in [-0.39, 0.29) is 16.8 Å². The summed E-state index contributed by atoms with van der Waals surface area (Å²) in [5.41, 5.74) is 1.52. The van der Waals surface area contributed by atoms with Gasteiger partial charge >= 0.3 is 6.03 Å². The van der Waals surface area contributed by atoms with Crippen molar-refractivity contribution in [2.24, 2.45) is 0 Å². The van der Waals surface area contributed by atoms with Gasteiger partial charge in [0.05, 0.1) is 4.92 Å². The molecule has 1 aliphatic heterocycles. The highest BCUT2D eigenvalue weighted by molar-refractivity contribution is 6.10. The molecule has 9 heteroatoms. The molecule has 0 aliphatic carbocycles. The molecule has 9 nitrogen and oxygen atoms in total. The summed E-state index contributed by atoms with van der Waals surface area (Å²) in [5.74, 6) is -1.28. The zero-order valence-corrected chi connectivity index (χ0v) is 19.6. The summed E-state index contributed by atoms with van der Waals surface area (Å²) >= 11 is 0. The minimum atomic E-state index is -1.32. The third-order valence-electron chi connectivity index (χ3n) is 5.99. The molecule has 2 aromatic rings. The number of imide groups is 1. The average molecular weight is 453 g/mol. The Morgan fingerprint density at radius 1 is 1.12 bits per heavy atom. The molecule has 0 spiro atoms. The van der Waals surface area contributed by atoms with Gasteiger partial charge in [0.25, 0.3) is 11.6 Å². The topological polar surface area (TPSA) is 122 Å². The number of aryl methyl sites for hydroxylation is 2. The smallest absolute Gasteiger partial charge is 0.319 e. The Kier molecular flexibility index (Phi) is 6.02. The third-order valence-corrected chi connectivity index (χ3v) is 5.99. The highest BCUT2D eigenvalue weighted by atomic mass is 16.6. The van der Waals surface area contributed by atoms with E-state index < -0.39 is 34.9 Å². The number of benzene rings is 2.